The Bertz CT molecular complexity index is 833. The molecule has 6 nitrogen and oxygen atoms in total. The molecular formula is C21H25ClN4O2. The topological polar surface area (TPSA) is 56.8 Å². The number of likely N-dealkylation sites (N-methyl/N-ethyl adjacent to an activating group) is 1. The Morgan fingerprint density at radius 1 is 1.14 bits per heavy atom. The number of ketones is 1. The van der Waals surface area contributed by atoms with Crippen molar-refractivity contribution >= 4 is 29.1 Å². The summed E-state index contributed by atoms with van der Waals surface area (Å²) in [6.07, 6.45) is 1.55. The van der Waals surface area contributed by atoms with Crippen molar-refractivity contribution in [2.75, 3.05) is 37.6 Å². The van der Waals surface area contributed by atoms with E-state index in [1.165, 1.54) is 6.92 Å². The molecule has 0 atom stereocenters. The predicted molar refractivity (Wildman–Crippen MR) is 111 cm³/mol. The molecule has 2 heterocycles. The molecule has 0 bridgehead atoms. The lowest BCUT2D eigenvalue weighted by atomic mass is 10.2. The zero-order valence-corrected chi connectivity index (χ0v) is 17.0. The highest BCUT2D eigenvalue weighted by molar-refractivity contribution is 6.30. The summed E-state index contributed by atoms with van der Waals surface area (Å²) in [5.41, 5.74) is 2.00. The number of aromatic nitrogens is 1. The van der Waals surface area contributed by atoms with Gasteiger partial charge in [-0.15, -0.1) is 0 Å². The standard InChI is InChI=1S/C21H25ClN4O2/c1-3-24-9-11-25(12-10-24)21(28)26(20-6-4-5-18(22)13-20)15-19-8-7-17(14-23-19)16(2)27/h4-8,13-14H,3,9-12,15H2,1-2H3. The second kappa shape index (κ2) is 9.17. The molecule has 0 saturated carbocycles. The number of anilines is 1. The number of hydrogen-bond acceptors (Lipinski definition) is 4. The third kappa shape index (κ3) is 4.88. The van der Waals surface area contributed by atoms with Gasteiger partial charge in [-0.2, -0.15) is 0 Å². The van der Waals surface area contributed by atoms with Crippen LogP contribution in [0.25, 0.3) is 0 Å². The average Bonchev–Trinajstić information content (AvgIpc) is 2.72. The van der Waals surface area contributed by atoms with Gasteiger partial charge in [0.05, 0.1) is 12.2 Å². The van der Waals surface area contributed by atoms with Gasteiger partial charge in [-0.05, 0) is 43.8 Å². The van der Waals surface area contributed by atoms with Crippen LogP contribution < -0.4 is 4.90 Å². The number of hydrogen-bond donors (Lipinski definition) is 0. The lowest BCUT2D eigenvalue weighted by Gasteiger charge is -2.37. The van der Waals surface area contributed by atoms with Crippen molar-refractivity contribution in [3.8, 4) is 0 Å². The number of piperazine rings is 1. The van der Waals surface area contributed by atoms with E-state index in [1.807, 2.05) is 17.0 Å². The average molecular weight is 401 g/mol. The normalized spacial score (nSPS) is 14.8. The summed E-state index contributed by atoms with van der Waals surface area (Å²) < 4.78 is 0. The van der Waals surface area contributed by atoms with Crippen LogP contribution in [0.5, 0.6) is 0 Å². The van der Waals surface area contributed by atoms with Crippen LogP contribution in [0, 0.1) is 0 Å². The van der Waals surface area contributed by atoms with Gasteiger partial charge in [-0.25, -0.2) is 4.79 Å². The van der Waals surface area contributed by atoms with Crippen molar-refractivity contribution in [2.24, 2.45) is 0 Å². The highest BCUT2D eigenvalue weighted by atomic mass is 35.5. The van der Waals surface area contributed by atoms with Gasteiger partial charge in [-0.3, -0.25) is 14.7 Å². The zero-order chi connectivity index (χ0) is 20.1. The number of amides is 2. The van der Waals surface area contributed by atoms with E-state index in [1.54, 1.807) is 35.4 Å². The Hall–Kier alpha value is -2.44. The Morgan fingerprint density at radius 3 is 2.46 bits per heavy atom. The minimum Gasteiger partial charge on any atom is -0.322 e. The molecule has 0 spiro atoms. The van der Waals surface area contributed by atoms with Crippen LogP contribution >= 0.6 is 11.6 Å². The molecule has 0 radical (unpaired) electrons. The summed E-state index contributed by atoms with van der Waals surface area (Å²) in [5.74, 6) is -0.0318. The zero-order valence-electron chi connectivity index (χ0n) is 16.3. The minimum absolute atomic E-state index is 0.0318. The van der Waals surface area contributed by atoms with Crippen molar-refractivity contribution in [1.29, 1.82) is 0 Å². The van der Waals surface area contributed by atoms with Crippen LogP contribution in [0.2, 0.25) is 5.02 Å². The van der Waals surface area contributed by atoms with E-state index in [0.717, 1.165) is 25.3 Å². The molecule has 1 aliphatic heterocycles. The van der Waals surface area contributed by atoms with Crippen LogP contribution in [0.1, 0.15) is 29.9 Å². The highest BCUT2D eigenvalue weighted by Crippen LogP contribution is 2.23. The first-order valence-electron chi connectivity index (χ1n) is 9.48. The number of urea groups is 1. The Kier molecular flexibility index (Phi) is 6.65. The quantitative estimate of drug-likeness (QED) is 0.718. The first-order valence-corrected chi connectivity index (χ1v) is 9.86. The van der Waals surface area contributed by atoms with E-state index in [9.17, 15) is 9.59 Å². The third-order valence-corrected chi connectivity index (χ3v) is 5.23. The van der Waals surface area contributed by atoms with Gasteiger partial charge in [0.2, 0.25) is 0 Å². The smallest absolute Gasteiger partial charge is 0.322 e. The Labute approximate surface area is 170 Å². The lowest BCUT2D eigenvalue weighted by Crippen LogP contribution is -2.52. The first kappa shape index (κ1) is 20.3. The number of carbonyl (C=O) groups excluding carboxylic acids is 2. The number of nitrogens with zero attached hydrogens (tertiary/aromatic N) is 4. The monoisotopic (exact) mass is 400 g/mol. The molecule has 1 fully saturated rings. The summed E-state index contributed by atoms with van der Waals surface area (Å²) >= 11 is 6.16. The largest absolute Gasteiger partial charge is 0.324 e. The van der Waals surface area contributed by atoms with Crippen molar-refractivity contribution in [3.05, 3.63) is 58.9 Å². The van der Waals surface area contributed by atoms with Crippen LogP contribution in [0.3, 0.4) is 0 Å². The maximum absolute atomic E-state index is 13.3. The van der Waals surface area contributed by atoms with E-state index in [0.29, 0.717) is 35.9 Å². The molecule has 1 aliphatic rings. The number of rotatable bonds is 5. The SMILES string of the molecule is CCN1CCN(C(=O)N(Cc2ccc(C(C)=O)cn2)c2cccc(Cl)c2)CC1. The van der Waals surface area contributed by atoms with Gasteiger partial charge >= 0.3 is 6.03 Å². The predicted octanol–water partition coefficient (Wildman–Crippen LogP) is 3.70. The van der Waals surface area contributed by atoms with Gasteiger partial charge in [-0.1, -0.05) is 24.6 Å². The van der Waals surface area contributed by atoms with Crippen LogP contribution in [0.4, 0.5) is 10.5 Å². The molecular weight excluding hydrogens is 376 g/mol. The molecule has 2 amide bonds. The Morgan fingerprint density at radius 2 is 1.89 bits per heavy atom. The number of carbonyl (C=O) groups is 2. The van der Waals surface area contributed by atoms with Crippen LogP contribution in [-0.4, -0.2) is 59.3 Å². The first-order chi connectivity index (χ1) is 13.5. The second-order valence-electron chi connectivity index (χ2n) is 6.86. The van der Waals surface area contributed by atoms with E-state index in [4.69, 9.17) is 11.6 Å². The van der Waals surface area contributed by atoms with E-state index < -0.39 is 0 Å². The summed E-state index contributed by atoms with van der Waals surface area (Å²) in [6.45, 7) is 8.08. The maximum atomic E-state index is 13.3. The number of Topliss-reactive ketones (excluding diaryl/α,β-unsaturated/α-hetero) is 1. The van der Waals surface area contributed by atoms with Gasteiger partial charge in [0, 0.05) is 48.6 Å². The molecule has 3 rings (SSSR count). The maximum Gasteiger partial charge on any atom is 0.324 e. The number of benzene rings is 1. The van der Waals surface area contributed by atoms with Crippen LogP contribution in [0.15, 0.2) is 42.6 Å². The van der Waals surface area contributed by atoms with Crippen molar-refractivity contribution in [2.45, 2.75) is 20.4 Å². The van der Waals surface area contributed by atoms with Crippen LogP contribution in [-0.2, 0) is 6.54 Å². The van der Waals surface area contributed by atoms with E-state index in [2.05, 4.69) is 16.8 Å². The van der Waals surface area contributed by atoms with E-state index in [-0.39, 0.29) is 11.8 Å². The lowest BCUT2D eigenvalue weighted by molar-refractivity contribution is 0.101. The highest BCUT2D eigenvalue weighted by Gasteiger charge is 2.26. The number of halogens is 1. The molecule has 7 heteroatoms. The van der Waals surface area contributed by atoms with Gasteiger partial charge < -0.3 is 9.80 Å². The molecule has 1 saturated heterocycles. The summed E-state index contributed by atoms with van der Waals surface area (Å²) in [7, 11) is 0. The second-order valence-corrected chi connectivity index (χ2v) is 7.30. The molecule has 0 aliphatic carbocycles. The molecule has 0 unspecified atom stereocenters. The molecule has 1 aromatic carbocycles. The van der Waals surface area contributed by atoms with Crippen molar-refractivity contribution in [1.82, 2.24) is 14.8 Å². The third-order valence-electron chi connectivity index (χ3n) is 4.99. The number of pyridine rings is 1. The molecule has 0 N–H and O–H groups in total. The van der Waals surface area contributed by atoms with Gasteiger partial charge in [0.15, 0.2) is 5.78 Å². The summed E-state index contributed by atoms with van der Waals surface area (Å²) in [6, 6.07) is 10.7. The van der Waals surface area contributed by atoms with Crippen molar-refractivity contribution in [3.63, 3.8) is 0 Å². The molecule has 2 aromatic rings. The molecule has 148 valence electrons. The van der Waals surface area contributed by atoms with Gasteiger partial charge in [0.1, 0.15) is 0 Å². The fraction of sp³-hybridized carbons (Fsp3) is 0.381. The Balaban J connectivity index is 1.83. The molecule has 1 aromatic heterocycles. The summed E-state index contributed by atoms with van der Waals surface area (Å²) in [4.78, 5) is 35.0. The minimum atomic E-state index is -0.0598. The van der Waals surface area contributed by atoms with Gasteiger partial charge in [0.25, 0.3) is 0 Å². The molecule has 28 heavy (non-hydrogen) atoms. The fourth-order valence-electron chi connectivity index (χ4n) is 3.23. The summed E-state index contributed by atoms with van der Waals surface area (Å²) in [5, 5.41) is 0.575. The fourth-order valence-corrected chi connectivity index (χ4v) is 3.41. The van der Waals surface area contributed by atoms with Crippen molar-refractivity contribution < 1.29 is 9.59 Å². The van der Waals surface area contributed by atoms with E-state index >= 15 is 0 Å².